The minimum absolute atomic E-state index is 0.181. The Kier molecular flexibility index (Phi) is 8.03. The highest BCUT2D eigenvalue weighted by atomic mass is 28.4. The zero-order valence-electron chi connectivity index (χ0n) is 14.7. The van der Waals surface area contributed by atoms with Gasteiger partial charge in [-0.15, -0.1) is 0 Å². The maximum atomic E-state index is 11.9. The summed E-state index contributed by atoms with van der Waals surface area (Å²) in [7, 11) is -3.06. The Morgan fingerprint density at radius 3 is 1.15 bits per heavy atom. The predicted molar refractivity (Wildman–Crippen MR) is 96.3 cm³/mol. The van der Waals surface area contributed by atoms with E-state index >= 15 is 0 Å². The van der Waals surface area contributed by atoms with Crippen molar-refractivity contribution in [1.82, 2.24) is 0 Å². The number of rotatable bonds is 9. The zero-order valence-corrected chi connectivity index (χ0v) is 16.7. The molecular formula is C16H35NOSi2. The van der Waals surface area contributed by atoms with E-state index in [-0.39, 0.29) is 5.91 Å². The summed E-state index contributed by atoms with van der Waals surface area (Å²) in [6.45, 7) is 16.0. The Labute approximate surface area is 128 Å². The number of primary amides is 1. The average Bonchev–Trinajstić information content (AvgIpc) is 2.48. The molecule has 0 unspecified atom stereocenters. The summed E-state index contributed by atoms with van der Waals surface area (Å²) in [4.78, 5) is 13.6. The Morgan fingerprint density at radius 1 is 0.750 bits per heavy atom. The van der Waals surface area contributed by atoms with Gasteiger partial charge >= 0.3 is 0 Å². The Bertz CT molecular complexity index is 317. The maximum Gasteiger partial charge on any atom is 0.243 e. The van der Waals surface area contributed by atoms with E-state index in [1.807, 2.05) is 6.92 Å². The van der Waals surface area contributed by atoms with E-state index in [1.165, 1.54) is 36.3 Å². The molecule has 0 aliphatic rings. The molecule has 0 aliphatic carbocycles. The fourth-order valence-electron chi connectivity index (χ4n) is 4.04. The van der Waals surface area contributed by atoms with Crippen molar-refractivity contribution < 1.29 is 4.79 Å². The molecule has 0 rings (SSSR count). The van der Waals surface area contributed by atoms with E-state index < -0.39 is 16.1 Å². The molecule has 0 spiro atoms. The molecule has 1 amide bonds. The Hall–Kier alpha value is -0.356. The van der Waals surface area contributed by atoms with Crippen LogP contribution >= 0.6 is 0 Å². The fraction of sp³-hybridized carbons (Fsp3) is 0.812. The van der Waals surface area contributed by atoms with Crippen molar-refractivity contribution in [2.24, 2.45) is 5.73 Å². The molecule has 0 aromatic carbocycles. The van der Waals surface area contributed by atoms with Crippen molar-refractivity contribution in [2.45, 2.75) is 84.7 Å². The molecule has 118 valence electrons. The largest absolute Gasteiger partial charge is 0.366 e. The third-order valence-electron chi connectivity index (χ3n) is 5.87. The van der Waals surface area contributed by atoms with Crippen LogP contribution < -0.4 is 5.73 Å². The summed E-state index contributed by atoms with van der Waals surface area (Å²) in [5, 5.41) is 0. The quantitative estimate of drug-likeness (QED) is 0.478. The molecule has 0 fully saturated rings. The minimum atomic E-state index is -1.53. The van der Waals surface area contributed by atoms with Crippen LogP contribution in [0.1, 0.15) is 48.5 Å². The highest BCUT2D eigenvalue weighted by Crippen LogP contribution is 2.41. The predicted octanol–water partition coefficient (Wildman–Crippen LogP) is 4.88. The highest BCUT2D eigenvalue weighted by Gasteiger charge is 2.45. The van der Waals surface area contributed by atoms with Crippen molar-refractivity contribution in [2.75, 3.05) is 0 Å². The molecule has 0 aliphatic heterocycles. The van der Waals surface area contributed by atoms with Crippen LogP contribution in [0.4, 0.5) is 0 Å². The maximum absolute atomic E-state index is 11.9. The molecular weight excluding hydrogens is 278 g/mol. The minimum Gasteiger partial charge on any atom is -0.366 e. The van der Waals surface area contributed by atoms with E-state index in [2.05, 4.69) is 41.5 Å². The smallest absolute Gasteiger partial charge is 0.243 e. The van der Waals surface area contributed by atoms with E-state index in [1.54, 1.807) is 4.82 Å². The van der Waals surface area contributed by atoms with Gasteiger partial charge < -0.3 is 5.73 Å². The van der Waals surface area contributed by atoms with Crippen molar-refractivity contribution in [3.8, 4) is 0 Å². The normalized spacial score (nSPS) is 12.3. The van der Waals surface area contributed by atoms with Gasteiger partial charge in [-0.05, 0) is 6.92 Å². The highest BCUT2D eigenvalue weighted by molar-refractivity contribution is 7.07. The van der Waals surface area contributed by atoms with Crippen LogP contribution in [0.5, 0.6) is 0 Å². The van der Waals surface area contributed by atoms with Gasteiger partial charge in [-0.2, -0.15) is 0 Å². The average molecular weight is 314 g/mol. The van der Waals surface area contributed by atoms with E-state index in [0.29, 0.717) is 0 Å². The second kappa shape index (κ2) is 8.18. The molecule has 0 bridgehead atoms. The van der Waals surface area contributed by atoms with Crippen molar-refractivity contribution in [3.63, 3.8) is 0 Å². The second-order valence-corrected chi connectivity index (χ2v) is 16.9. The number of hydrogen-bond donors (Lipinski definition) is 1. The van der Waals surface area contributed by atoms with Gasteiger partial charge in [0.2, 0.25) is 5.91 Å². The zero-order chi connectivity index (χ0) is 16.0. The van der Waals surface area contributed by atoms with E-state index in [4.69, 9.17) is 5.73 Å². The van der Waals surface area contributed by atoms with Crippen LogP contribution in [-0.2, 0) is 4.79 Å². The molecule has 20 heavy (non-hydrogen) atoms. The van der Waals surface area contributed by atoms with Gasteiger partial charge in [0.1, 0.15) is 0 Å². The number of hydrogen-bond acceptors (Lipinski definition) is 1. The molecule has 0 aromatic rings. The summed E-state index contributed by atoms with van der Waals surface area (Å²) < 4.78 is 0. The van der Waals surface area contributed by atoms with Crippen molar-refractivity contribution >= 4 is 22.1 Å². The molecule has 2 nitrogen and oxygen atoms in total. The third-order valence-corrected chi connectivity index (χ3v) is 20.0. The molecule has 0 heterocycles. The molecule has 0 saturated heterocycles. The van der Waals surface area contributed by atoms with Gasteiger partial charge in [0.25, 0.3) is 0 Å². The van der Waals surface area contributed by atoms with Gasteiger partial charge in [-0.3, -0.25) is 4.79 Å². The first-order valence-electron chi connectivity index (χ1n) is 8.36. The Morgan fingerprint density at radius 2 is 1.00 bits per heavy atom. The van der Waals surface area contributed by atoms with Crippen LogP contribution in [0.3, 0.4) is 0 Å². The Balaban J connectivity index is 6.39. The second-order valence-electron chi connectivity index (χ2n) is 6.05. The summed E-state index contributed by atoms with van der Waals surface area (Å²) >= 11 is 0. The van der Waals surface area contributed by atoms with Crippen LogP contribution in [-0.4, -0.2) is 22.1 Å². The molecule has 0 atom stereocenters. The lowest BCUT2D eigenvalue weighted by atomic mass is 10.3. The summed E-state index contributed by atoms with van der Waals surface area (Å²) in [5.41, 5.74) is 6.64. The molecule has 0 aromatic heterocycles. The first kappa shape index (κ1) is 19.6. The number of carbonyl (C=O) groups excluding carboxylic acids is 1. The first-order valence-corrected chi connectivity index (χ1v) is 13.6. The SMILES string of the molecule is CC[Si](CC)(CC)C(=C(C)C(N)=O)[Si](CC)(CC)CC. The summed E-state index contributed by atoms with van der Waals surface area (Å²) in [6.07, 6.45) is 0. The molecule has 0 saturated carbocycles. The first-order chi connectivity index (χ1) is 9.34. The van der Waals surface area contributed by atoms with Crippen molar-refractivity contribution in [1.29, 1.82) is 0 Å². The van der Waals surface area contributed by atoms with Crippen LogP contribution in [0.25, 0.3) is 0 Å². The lowest BCUT2D eigenvalue weighted by Gasteiger charge is -2.44. The monoisotopic (exact) mass is 313 g/mol. The van der Waals surface area contributed by atoms with Crippen LogP contribution in [0, 0.1) is 0 Å². The standard InChI is InChI=1S/C16H35NOSi2/c1-8-19(9-2,10-3)16(14(7)15(17)18)20(11-4,12-5)13-6/h8-13H2,1-7H3,(H2,17,18). The summed E-state index contributed by atoms with van der Waals surface area (Å²) in [6, 6.07) is 7.47. The fourth-order valence-corrected chi connectivity index (χ4v) is 18.7. The van der Waals surface area contributed by atoms with Gasteiger partial charge in [0.15, 0.2) is 0 Å². The van der Waals surface area contributed by atoms with Gasteiger partial charge in [-0.25, -0.2) is 0 Å². The molecule has 0 radical (unpaired) electrons. The van der Waals surface area contributed by atoms with Gasteiger partial charge in [-0.1, -0.05) is 82.6 Å². The number of nitrogens with two attached hydrogens (primary N) is 1. The lowest BCUT2D eigenvalue weighted by Crippen LogP contribution is -2.51. The van der Waals surface area contributed by atoms with Crippen molar-refractivity contribution in [3.05, 3.63) is 10.4 Å². The molecule has 2 N–H and O–H groups in total. The molecule has 4 heteroatoms. The van der Waals surface area contributed by atoms with Gasteiger partial charge in [0.05, 0.1) is 16.1 Å². The number of amides is 1. The third kappa shape index (κ3) is 3.45. The van der Waals surface area contributed by atoms with E-state index in [9.17, 15) is 4.79 Å². The number of carbonyl (C=O) groups is 1. The summed E-state index contributed by atoms with van der Waals surface area (Å²) in [5.74, 6) is -0.181. The van der Waals surface area contributed by atoms with E-state index in [0.717, 1.165) is 5.57 Å². The topological polar surface area (TPSA) is 43.1 Å². The van der Waals surface area contributed by atoms with Gasteiger partial charge in [0, 0.05) is 5.57 Å². The van der Waals surface area contributed by atoms with Crippen LogP contribution in [0.2, 0.25) is 36.3 Å². The lowest BCUT2D eigenvalue weighted by molar-refractivity contribution is -0.114. The van der Waals surface area contributed by atoms with Crippen LogP contribution in [0.15, 0.2) is 10.4 Å².